The zero-order chi connectivity index (χ0) is 41.3. The Morgan fingerprint density at radius 1 is 0.807 bits per heavy atom. The number of aliphatic hydroxyl groups is 2. The first-order valence-corrected chi connectivity index (χ1v) is 21.1. The maximum Gasteiger partial charge on any atom is 0.338 e. The first-order chi connectivity index (χ1) is 27.5. The van der Waals surface area contributed by atoms with Gasteiger partial charge < -0.3 is 24.3 Å². The van der Waals surface area contributed by atoms with E-state index in [1.54, 1.807) is 54.0 Å². The number of methoxy groups -OCH3 is 1. The number of hydrogen-bond donors (Lipinski definition) is 2. The lowest BCUT2D eigenvalue weighted by Gasteiger charge is -2.27. The maximum atomic E-state index is 15.0. The summed E-state index contributed by atoms with van der Waals surface area (Å²) >= 11 is 0. The van der Waals surface area contributed by atoms with Crippen LogP contribution in [0.15, 0.2) is 65.6 Å². The van der Waals surface area contributed by atoms with Crippen molar-refractivity contribution in [2.45, 2.75) is 143 Å². The van der Waals surface area contributed by atoms with Crippen LogP contribution < -0.4 is 10.2 Å². The number of ether oxygens (including phenoxy) is 2. The molecule has 4 aromatic rings. The molecule has 310 valence electrons. The van der Waals surface area contributed by atoms with Crippen LogP contribution in [-0.4, -0.2) is 40.2 Å². The highest BCUT2D eigenvalue weighted by Crippen LogP contribution is 2.32. The van der Waals surface area contributed by atoms with Crippen LogP contribution in [0.4, 0.5) is 4.39 Å². The second kappa shape index (κ2) is 23.2. The van der Waals surface area contributed by atoms with Gasteiger partial charge >= 0.3 is 5.97 Å². The normalized spacial score (nSPS) is 12.1. The number of nitrogens with zero attached hydrogens (tertiary/aromatic N) is 1. The molecular formula is C48H64FNO7. The number of carbonyl (C=O) groups is 2. The predicted molar refractivity (Wildman–Crippen MR) is 226 cm³/mol. The van der Waals surface area contributed by atoms with Crippen molar-refractivity contribution in [3.63, 3.8) is 0 Å². The SMILES string of the molecule is CCCCCCCCCCCCCC(=O)CCCc1ccccc1C(=O)OC[C@@H](C(C)C)n1cc(C(O)O)c(=O)c2cc(Cc3cccc(C)c3F)c(OC)cc21. The first-order valence-electron chi connectivity index (χ1n) is 21.1. The summed E-state index contributed by atoms with van der Waals surface area (Å²) in [5.74, 6) is -0.280. The Hall–Kier alpha value is -4.34. The van der Waals surface area contributed by atoms with E-state index in [2.05, 4.69) is 6.92 Å². The molecule has 57 heavy (non-hydrogen) atoms. The molecule has 0 amide bonds. The lowest BCUT2D eigenvalue weighted by atomic mass is 9.97. The third kappa shape index (κ3) is 13.1. The number of benzene rings is 3. The zero-order valence-electron chi connectivity index (χ0n) is 34.8. The topological polar surface area (TPSA) is 115 Å². The Kier molecular flexibility index (Phi) is 18.4. The largest absolute Gasteiger partial charge is 0.496 e. The van der Waals surface area contributed by atoms with Gasteiger partial charge in [-0.25, -0.2) is 9.18 Å². The van der Waals surface area contributed by atoms with Crippen molar-refractivity contribution < 1.29 is 33.7 Å². The van der Waals surface area contributed by atoms with Crippen LogP contribution in [0.2, 0.25) is 0 Å². The number of fused-ring (bicyclic) bond motifs is 1. The van der Waals surface area contributed by atoms with E-state index in [0.29, 0.717) is 59.2 Å². The average molecular weight is 786 g/mol. The molecule has 0 fully saturated rings. The molecule has 9 heteroatoms. The van der Waals surface area contributed by atoms with Crippen LogP contribution in [-0.2, 0) is 22.4 Å². The predicted octanol–water partition coefficient (Wildman–Crippen LogP) is 10.7. The summed E-state index contributed by atoms with van der Waals surface area (Å²) in [5, 5.41) is 20.7. The highest BCUT2D eigenvalue weighted by Gasteiger charge is 2.25. The second-order valence-electron chi connectivity index (χ2n) is 15.8. The van der Waals surface area contributed by atoms with Gasteiger partial charge in [-0.2, -0.15) is 0 Å². The molecule has 2 N–H and O–H groups in total. The Bertz CT molecular complexity index is 1970. The molecule has 8 nitrogen and oxygen atoms in total. The Labute approximate surface area is 338 Å². The van der Waals surface area contributed by atoms with Crippen LogP contribution in [0, 0.1) is 18.7 Å². The summed E-state index contributed by atoms with van der Waals surface area (Å²) < 4.78 is 28.4. The van der Waals surface area contributed by atoms with Crippen molar-refractivity contribution in [3.8, 4) is 5.75 Å². The molecule has 1 aromatic heterocycles. The molecule has 4 rings (SSSR count). The molecule has 3 aromatic carbocycles. The highest BCUT2D eigenvalue weighted by molar-refractivity contribution is 5.91. The van der Waals surface area contributed by atoms with Gasteiger partial charge in [0.05, 0.1) is 29.8 Å². The van der Waals surface area contributed by atoms with E-state index in [4.69, 9.17) is 9.47 Å². The summed E-state index contributed by atoms with van der Waals surface area (Å²) in [6.45, 7) is 7.76. The number of pyridine rings is 1. The standard InChI is InChI=1S/C48H64FNO7/c1-6-7-8-9-10-11-12-13-14-15-16-25-38(51)26-20-23-35-22-17-18-27-39(35)48(55)57-32-43(33(2)3)50-31-41(47(53)54)46(52)40-29-37(44(56-5)30-42(40)50)28-36-24-19-21-34(4)45(36)49/h17-19,21-22,24,27,29-31,33,43,47,53-54H,6-16,20,23,25-26,28,32H2,1-5H3/t43-/m0/s1. The van der Waals surface area contributed by atoms with Gasteiger partial charge in [0.15, 0.2) is 11.7 Å². The number of ketones is 1. The minimum absolute atomic E-state index is 0.0697. The number of aromatic nitrogens is 1. The first kappa shape index (κ1) is 45.4. The quantitative estimate of drug-likeness (QED) is 0.0390. The number of unbranched alkanes of at least 4 members (excludes halogenated alkanes) is 10. The minimum atomic E-state index is -2.05. The molecule has 0 unspecified atom stereocenters. The van der Waals surface area contributed by atoms with Gasteiger partial charge in [-0.3, -0.25) is 9.59 Å². The molecule has 0 bridgehead atoms. The van der Waals surface area contributed by atoms with E-state index in [9.17, 15) is 24.6 Å². The summed E-state index contributed by atoms with van der Waals surface area (Å²) in [6, 6.07) is 15.2. The van der Waals surface area contributed by atoms with Crippen LogP contribution in [0.25, 0.3) is 10.9 Å². The Morgan fingerprint density at radius 3 is 2.09 bits per heavy atom. The van der Waals surface area contributed by atoms with Gasteiger partial charge in [0.2, 0.25) is 0 Å². The fourth-order valence-electron chi connectivity index (χ4n) is 7.64. The molecule has 0 spiro atoms. The third-order valence-electron chi connectivity index (χ3n) is 11.1. The van der Waals surface area contributed by atoms with Crippen LogP contribution >= 0.6 is 0 Å². The van der Waals surface area contributed by atoms with Crippen molar-refractivity contribution >= 4 is 22.7 Å². The van der Waals surface area contributed by atoms with E-state index in [0.717, 1.165) is 18.4 Å². The maximum absolute atomic E-state index is 15.0. The average Bonchev–Trinajstić information content (AvgIpc) is 3.19. The minimum Gasteiger partial charge on any atom is -0.496 e. The molecule has 1 atom stereocenters. The second-order valence-corrected chi connectivity index (χ2v) is 15.8. The van der Waals surface area contributed by atoms with Crippen molar-refractivity contribution in [3.05, 3.63) is 110 Å². The molecular weight excluding hydrogens is 722 g/mol. The number of hydrogen-bond acceptors (Lipinski definition) is 7. The van der Waals surface area contributed by atoms with E-state index in [1.165, 1.54) is 71.1 Å². The fourth-order valence-corrected chi connectivity index (χ4v) is 7.64. The van der Waals surface area contributed by atoms with Gasteiger partial charge in [0, 0.05) is 36.9 Å². The van der Waals surface area contributed by atoms with E-state index >= 15 is 4.39 Å². The number of rotatable bonds is 25. The van der Waals surface area contributed by atoms with E-state index in [-0.39, 0.29) is 41.5 Å². The monoisotopic (exact) mass is 785 g/mol. The molecule has 0 aliphatic heterocycles. The van der Waals surface area contributed by atoms with Crippen molar-refractivity contribution in [1.29, 1.82) is 0 Å². The summed E-state index contributed by atoms with van der Waals surface area (Å²) in [6.07, 6.45) is 15.5. The lowest BCUT2D eigenvalue weighted by Crippen LogP contribution is -2.27. The van der Waals surface area contributed by atoms with E-state index in [1.807, 2.05) is 26.0 Å². The van der Waals surface area contributed by atoms with Crippen molar-refractivity contribution in [1.82, 2.24) is 4.57 Å². The summed E-state index contributed by atoms with van der Waals surface area (Å²) in [5.41, 5.74) is 2.38. The van der Waals surface area contributed by atoms with Crippen LogP contribution in [0.5, 0.6) is 5.75 Å². The molecule has 0 saturated carbocycles. The van der Waals surface area contributed by atoms with Crippen LogP contribution in [0.1, 0.15) is 161 Å². The van der Waals surface area contributed by atoms with E-state index < -0.39 is 23.7 Å². The number of esters is 1. The smallest absolute Gasteiger partial charge is 0.338 e. The molecule has 0 aliphatic carbocycles. The van der Waals surface area contributed by atoms with Gasteiger partial charge in [0.25, 0.3) is 0 Å². The van der Waals surface area contributed by atoms with Gasteiger partial charge in [0.1, 0.15) is 24.0 Å². The molecule has 0 aliphatic rings. The van der Waals surface area contributed by atoms with Crippen molar-refractivity contribution in [2.75, 3.05) is 13.7 Å². The number of Topliss-reactive ketones (excluding diaryl/α,β-unsaturated/α-hetero) is 1. The van der Waals surface area contributed by atoms with Gasteiger partial charge in [-0.05, 0) is 66.5 Å². The summed E-state index contributed by atoms with van der Waals surface area (Å²) in [7, 11) is 1.50. The summed E-state index contributed by atoms with van der Waals surface area (Å²) in [4.78, 5) is 39.9. The number of halogens is 1. The molecule has 1 heterocycles. The van der Waals surface area contributed by atoms with Crippen molar-refractivity contribution in [2.24, 2.45) is 5.92 Å². The molecule has 0 radical (unpaired) electrons. The number of aryl methyl sites for hydroxylation is 2. The van der Waals surface area contributed by atoms with Gasteiger partial charge in [-0.15, -0.1) is 0 Å². The zero-order valence-corrected chi connectivity index (χ0v) is 34.8. The number of aliphatic hydroxyl groups excluding tert-OH is 1. The Morgan fingerprint density at radius 2 is 1.44 bits per heavy atom. The Balaban J connectivity index is 1.41. The fraction of sp³-hybridized carbons (Fsp3) is 0.521. The van der Waals surface area contributed by atoms with Crippen LogP contribution in [0.3, 0.4) is 0 Å². The lowest BCUT2D eigenvalue weighted by molar-refractivity contribution is -0.119. The third-order valence-corrected chi connectivity index (χ3v) is 11.1. The highest BCUT2D eigenvalue weighted by atomic mass is 19.1. The number of carbonyl (C=O) groups excluding carboxylic acids is 2. The molecule has 0 saturated heterocycles. The van der Waals surface area contributed by atoms with Gasteiger partial charge in [-0.1, -0.05) is 121 Å².